The van der Waals surface area contributed by atoms with Crippen LogP contribution in [0.3, 0.4) is 0 Å². The maximum atomic E-state index is 13.9. The molecule has 1 unspecified atom stereocenters. The molecule has 36 heavy (non-hydrogen) atoms. The quantitative estimate of drug-likeness (QED) is 0.506. The van der Waals surface area contributed by atoms with Gasteiger partial charge in [0.1, 0.15) is 11.6 Å². The van der Waals surface area contributed by atoms with Crippen molar-refractivity contribution in [2.45, 2.75) is 18.4 Å². The number of rotatable bonds is 5. The van der Waals surface area contributed by atoms with Gasteiger partial charge in [0.05, 0.1) is 12.1 Å². The molecule has 0 aromatic heterocycles. The lowest BCUT2D eigenvalue weighted by molar-refractivity contribution is -0.343. The fraction of sp³-hybridized carbons (Fsp3) is 0.115. The van der Waals surface area contributed by atoms with Gasteiger partial charge in [0, 0.05) is 24.1 Å². The van der Waals surface area contributed by atoms with Gasteiger partial charge in [-0.25, -0.2) is 13.6 Å². The molecule has 2 aromatic carbocycles. The molecule has 5 N–H and O–H groups in total. The number of halogens is 2. The van der Waals surface area contributed by atoms with Crippen molar-refractivity contribution in [3.05, 3.63) is 93.9 Å². The number of hydrogen-bond donors (Lipinski definition) is 3. The first-order valence-electron chi connectivity index (χ1n) is 10.7. The van der Waals surface area contributed by atoms with Crippen LogP contribution >= 0.6 is 0 Å². The largest absolute Gasteiger partial charge is 0.424 e. The summed E-state index contributed by atoms with van der Waals surface area (Å²) >= 11 is 0. The molecule has 0 fully saturated rings. The molecule has 1 heterocycles. The first kappa shape index (κ1) is 24.4. The number of nitrogens with one attached hydrogen (secondary N) is 1. The Morgan fingerprint density at radius 3 is 2.33 bits per heavy atom. The van der Waals surface area contributed by atoms with E-state index in [9.17, 15) is 23.2 Å². The van der Waals surface area contributed by atoms with Gasteiger partial charge in [0.15, 0.2) is 5.56 Å². The van der Waals surface area contributed by atoms with Crippen molar-refractivity contribution in [1.29, 1.82) is 0 Å². The van der Waals surface area contributed by atoms with E-state index in [1.807, 2.05) is 0 Å². The van der Waals surface area contributed by atoms with E-state index in [1.165, 1.54) is 6.07 Å². The fourth-order valence-electron chi connectivity index (χ4n) is 3.89. The predicted octanol–water partition coefficient (Wildman–Crippen LogP) is -0.762. The Hall–Kier alpha value is -4.73. The van der Waals surface area contributed by atoms with Gasteiger partial charge in [-0.1, -0.05) is 29.9 Å². The van der Waals surface area contributed by atoms with Crippen LogP contribution in [-0.2, 0) is 14.4 Å². The number of nitrogens with zero attached hydrogens (tertiary/aromatic N) is 1. The van der Waals surface area contributed by atoms with E-state index in [1.54, 1.807) is 42.5 Å². The first-order chi connectivity index (χ1) is 17.1. The van der Waals surface area contributed by atoms with Crippen molar-refractivity contribution >= 4 is 41.3 Å². The normalized spacial score (nSPS) is 18.6. The number of nitrogens with two attached hydrogens (primary N) is 2. The van der Waals surface area contributed by atoms with Crippen LogP contribution in [0.5, 0.6) is 0 Å². The van der Waals surface area contributed by atoms with Crippen molar-refractivity contribution < 1.29 is 33.0 Å². The van der Waals surface area contributed by atoms with Crippen molar-refractivity contribution in [1.82, 2.24) is 0 Å². The summed E-state index contributed by atoms with van der Waals surface area (Å²) in [4.78, 5) is 43.4. The van der Waals surface area contributed by atoms with Crippen LogP contribution < -0.4 is 26.9 Å². The van der Waals surface area contributed by atoms with Gasteiger partial charge in [-0.05, 0) is 46.4 Å². The highest BCUT2D eigenvalue weighted by Gasteiger charge is 2.46. The van der Waals surface area contributed by atoms with E-state index < -0.39 is 46.9 Å². The highest BCUT2D eigenvalue weighted by atomic mass is 19.1. The van der Waals surface area contributed by atoms with Gasteiger partial charge in [-0.3, -0.25) is 9.59 Å². The molecule has 0 bridgehead atoms. The van der Waals surface area contributed by atoms with Crippen LogP contribution in [0.25, 0.3) is 12.2 Å². The minimum atomic E-state index is -1.64. The average Bonchev–Trinajstić information content (AvgIpc) is 3.25. The van der Waals surface area contributed by atoms with Gasteiger partial charge in [-0.15, -0.1) is 0 Å². The van der Waals surface area contributed by atoms with Gasteiger partial charge < -0.3 is 16.3 Å². The molecular weight excluding hydrogens is 470 g/mol. The summed E-state index contributed by atoms with van der Waals surface area (Å²) in [7, 11) is 0. The van der Waals surface area contributed by atoms with E-state index >= 15 is 0 Å². The molecule has 2 aromatic rings. The summed E-state index contributed by atoms with van der Waals surface area (Å²) in [5, 5.41) is 5.37. The molecule has 3 amide bonds. The van der Waals surface area contributed by atoms with Crippen LogP contribution in [0.15, 0.2) is 65.9 Å². The summed E-state index contributed by atoms with van der Waals surface area (Å²) in [6.07, 6.45) is 6.14. The third-order valence-corrected chi connectivity index (χ3v) is 5.78. The van der Waals surface area contributed by atoms with E-state index in [0.717, 1.165) is 22.9 Å². The zero-order chi connectivity index (χ0) is 26.0. The van der Waals surface area contributed by atoms with Crippen LogP contribution in [0.1, 0.15) is 28.8 Å². The number of primary amides is 2. The maximum Gasteiger partial charge on any atom is 0.424 e. The molecule has 0 spiro atoms. The molecule has 1 aliphatic heterocycles. The average molecular weight is 491 g/mol. The van der Waals surface area contributed by atoms with Gasteiger partial charge in [0.2, 0.25) is 17.2 Å². The molecule has 10 heteroatoms. The summed E-state index contributed by atoms with van der Waals surface area (Å²) in [6.45, 7) is 4.03. The molecule has 8 nitrogen and oxygen atoms in total. The maximum absolute atomic E-state index is 13.9. The Kier molecular flexibility index (Phi) is 6.43. The van der Waals surface area contributed by atoms with Crippen molar-refractivity contribution in [2.75, 3.05) is 0 Å². The molecule has 2 aliphatic rings. The Balaban J connectivity index is 1.62. The fourth-order valence-corrected chi connectivity index (χ4v) is 3.89. The van der Waals surface area contributed by atoms with Crippen molar-refractivity contribution in [2.24, 2.45) is 16.6 Å². The molecule has 1 aliphatic carbocycles. The molecule has 182 valence electrons. The first-order valence-corrected chi connectivity index (χ1v) is 10.7. The predicted molar refractivity (Wildman–Crippen MR) is 128 cm³/mol. The summed E-state index contributed by atoms with van der Waals surface area (Å²) in [5.41, 5.74) is 10.5. The lowest BCUT2D eigenvalue weighted by atomic mass is 9.89. The number of carbonyl (C=O) groups excluding carboxylic acids is 3. The summed E-state index contributed by atoms with van der Waals surface area (Å²) < 4.78 is 27.8. The molecule has 0 radical (unpaired) electrons. The minimum Gasteiger partial charge on any atom is -0.378 e. The molecule has 0 saturated carbocycles. The molecule has 0 saturated heterocycles. The SMILES string of the molecule is C=c1ccc(C2=NOC(CC(N)=O)(C(N)=O)C2)cc1=C1C=CC(=[NH+]C(=O)c2c(F)cccc2F)C=C1. The second-order valence-electron chi connectivity index (χ2n) is 8.31. The van der Waals surface area contributed by atoms with E-state index in [0.29, 0.717) is 22.2 Å². The lowest BCUT2D eigenvalue weighted by Crippen LogP contribution is -2.77. The van der Waals surface area contributed by atoms with Crippen LogP contribution in [0.2, 0.25) is 0 Å². The van der Waals surface area contributed by atoms with Crippen molar-refractivity contribution in [3.63, 3.8) is 0 Å². The number of benzene rings is 2. The number of amides is 3. The zero-order valence-electron chi connectivity index (χ0n) is 18.9. The minimum absolute atomic E-state index is 0.0290. The molecule has 4 rings (SSSR count). The van der Waals surface area contributed by atoms with Gasteiger partial charge in [-0.2, -0.15) is 4.99 Å². The van der Waals surface area contributed by atoms with Crippen LogP contribution in [-0.4, -0.2) is 34.7 Å². The third kappa shape index (κ3) is 4.74. The van der Waals surface area contributed by atoms with Crippen LogP contribution in [0, 0.1) is 11.6 Å². The molecular formula is C26H21F2N4O4+. The van der Waals surface area contributed by atoms with Crippen LogP contribution in [0.4, 0.5) is 8.78 Å². The molecule has 1 atom stereocenters. The standard InChI is InChI=1S/C26H20F2N4O4/c1-14-5-6-16(21-12-26(25(30)35,36-32-21)13-22(29)33)11-18(14)15-7-9-17(10-8-15)31-24(34)23-19(27)3-2-4-20(23)28/h2-11H,1,12-13H2,(H2,29,33)(H2,30,35)/p+1. The number of allylic oxidation sites excluding steroid dienone is 4. The monoisotopic (exact) mass is 491 g/mol. The zero-order valence-corrected chi connectivity index (χ0v) is 18.9. The summed E-state index contributed by atoms with van der Waals surface area (Å²) in [6, 6.07) is 8.47. The number of carbonyl (C=O) groups is 3. The Morgan fingerprint density at radius 2 is 1.72 bits per heavy atom. The summed E-state index contributed by atoms with van der Waals surface area (Å²) in [5.74, 6) is -4.42. The van der Waals surface area contributed by atoms with E-state index in [2.05, 4.69) is 16.7 Å². The lowest BCUT2D eigenvalue weighted by Gasteiger charge is -2.20. The van der Waals surface area contributed by atoms with E-state index in [4.69, 9.17) is 16.3 Å². The van der Waals surface area contributed by atoms with E-state index in [-0.39, 0.29) is 6.42 Å². The highest BCUT2D eigenvalue weighted by Crippen LogP contribution is 2.29. The van der Waals surface area contributed by atoms with Crippen molar-refractivity contribution in [3.8, 4) is 0 Å². The second-order valence-corrected chi connectivity index (χ2v) is 8.31. The smallest absolute Gasteiger partial charge is 0.378 e. The highest BCUT2D eigenvalue weighted by molar-refractivity contribution is 6.08. The van der Waals surface area contributed by atoms with Gasteiger partial charge >= 0.3 is 5.91 Å². The Morgan fingerprint density at radius 1 is 1.06 bits per heavy atom. The number of oxime groups is 1. The topological polar surface area (TPSA) is 139 Å². The third-order valence-electron chi connectivity index (χ3n) is 5.78. The Labute approximate surface area is 203 Å². The van der Waals surface area contributed by atoms with Gasteiger partial charge in [0.25, 0.3) is 5.91 Å². The second kappa shape index (κ2) is 9.49. The Bertz CT molecular complexity index is 1500. The number of hydrogen-bond acceptors (Lipinski definition) is 5.